The first-order valence-electron chi connectivity index (χ1n) is 9.53. The Morgan fingerprint density at radius 1 is 1.24 bits per heavy atom. The lowest BCUT2D eigenvalue weighted by Gasteiger charge is -2.13. The number of aromatic nitrogens is 4. The number of benzene rings is 1. The molecule has 1 atom stereocenters. The normalized spacial score (nSPS) is 16.4. The zero-order valence-electron chi connectivity index (χ0n) is 16.8. The van der Waals surface area contributed by atoms with Crippen LogP contribution in [-0.4, -0.2) is 45.1 Å². The van der Waals surface area contributed by atoms with Gasteiger partial charge in [0.2, 0.25) is 0 Å². The average Bonchev–Trinajstić information content (AvgIpc) is 3.37. The summed E-state index contributed by atoms with van der Waals surface area (Å²) >= 11 is 0. The average molecular weight is 400 g/mol. The Kier molecular flexibility index (Phi) is 5.14. The number of ether oxygens (including phenoxy) is 3. The molecule has 1 saturated heterocycles. The predicted octanol–water partition coefficient (Wildman–Crippen LogP) is 1.05. The minimum Gasteiger partial charge on any atom is -0.497 e. The van der Waals surface area contributed by atoms with Crippen molar-refractivity contribution < 1.29 is 14.2 Å². The quantitative estimate of drug-likeness (QED) is 0.614. The second-order valence-electron chi connectivity index (χ2n) is 7.16. The Bertz CT molecular complexity index is 1150. The maximum atomic E-state index is 12.9. The summed E-state index contributed by atoms with van der Waals surface area (Å²) in [5, 5.41) is 0. The van der Waals surface area contributed by atoms with E-state index in [1.165, 1.54) is 11.6 Å². The minimum absolute atomic E-state index is 0.00624. The molecule has 0 unspecified atom stereocenters. The van der Waals surface area contributed by atoms with Gasteiger partial charge in [0.25, 0.3) is 11.6 Å². The molecule has 1 aromatic carbocycles. The van der Waals surface area contributed by atoms with Crippen LogP contribution in [0, 0.1) is 0 Å². The largest absolute Gasteiger partial charge is 0.497 e. The summed E-state index contributed by atoms with van der Waals surface area (Å²) in [6, 6.07) is 7.85. The van der Waals surface area contributed by atoms with Gasteiger partial charge in [0.05, 0.1) is 19.8 Å². The van der Waals surface area contributed by atoms with E-state index in [1.54, 1.807) is 18.7 Å². The molecule has 0 amide bonds. The number of methoxy groups -OCH3 is 1. The standard InChI is InChI=1S/C20H24N4O5/c1-22-17-16(18(25)23(2)20(22)26)24(11-13-6-4-7-14(10-13)27-3)19(21-17)29-12-15-8-5-9-28-15/h4,6-7,10,15H,5,8-9,11-12H2,1-3H3/t15-/m0/s1. The number of aryl methyl sites for hydroxylation is 1. The molecule has 0 radical (unpaired) electrons. The Hall–Kier alpha value is -3.07. The molecule has 0 bridgehead atoms. The first-order chi connectivity index (χ1) is 14.0. The smallest absolute Gasteiger partial charge is 0.332 e. The molecule has 1 fully saturated rings. The molecule has 1 aliphatic heterocycles. The minimum atomic E-state index is -0.431. The van der Waals surface area contributed by atoms with E-state index < -0.39 is 11.2 Å². The number of imidazole rings is 1. The van der Waals surface area contributed by atoms with E-state index in [0.717, 1.165) is 29.6 Å². The summed E-state index contributed by atoms with van der Waals surface area (Å²) in [6.45, 7) is 1.42. The second-order valence-corrected chi connectivity index (χ2v) is 7.16. The molecule has 3 aromatic rings. The molecule has 0 spiro atoms. The molecule has 2 aromatic heterocycles. The van der Waals surface area contributed by atoms with Crippen molar-refractivity contribution in [1.29, 1.82) is 0 Å². The topological polar surface area (TPSA) is 89.5 Å². The van der Waals surface area contributed by atoms with Crippen molar-refractivity contribution in [2.75, 3.05) is 20.3 Å². The van der Waals surface area contributed by atoms with E-state index in [9.17, 15) is 9.59 Å². The fourth-order valence-electron chi connectivity index (χ4n) is 3.58. The molecule has 4 rings (SSSR count). The van der Waals surface area contributed by atoms with Gasteiger partial charge in [0.15, 0.2) is 11.2 Å². The van der Waals surface area contributed by atoms with Crippen LogP contribution < -0.4 is 20.7 Å². The number of fused-ring (bicyclic) bond motifs is 1. The van der Waals surface area contributed by atoms with Crippen molar-refractivity contribution >= 4 is 11.2 Å². The highest BCUT2D eigenvalue weighted by atomic mass is 16.5. The summed E-state index contributed by atoms with van der Waals surface area (Å²) in [5.41, 5.74) is 0.689. The Labute approximate surface area is 167 Å². The summed E-state index contributed by atoms with van der Waals surface area (Å²) in [4.78, 5) is 29.7. The molecule has 0 aliphatic carbocycles. The predicted molar refractivity (Wildman–Crippen MR) is 107 cm³/mol. The molecular formula is C20H24N4O5. The van der Waals surface area contributed by atoms with Crippen LogP contribution in [0.4, 0.5) is 0 Å². The lowest BCUT2D eigenvalue weighted by atomic mass is 10.2. The van der Waals surface area contributed by atoms with Crippen LogP contribution in [-0.2, 0) is 25.4 Å². The fraction of sp³-hybridized carbons (Fsp3) is 0.450. The SMILES string of the molecule is COc1cccc(Cn2c(OC[C@@H]3CCCO3)nc3c2c(=O)n(C)c(=O)n3C)c1. The van der Waals surface area contributed by atoms with Gasteiger partial charge in [0, 0.05) is 20.7 Å². The summed E-state index contributed by atoms with van der Waals surface area (Å²) in [7, 11) is 4.66. The molecule has 0 saturated carbocycles. The Morgan fingerprint density at radius 2 is 2.07 bits per heavy atom. The van der Waals surface area contributed by atoms with Crippen LogP contribution in [0.3, 0.4) is 0 Å². The second kappa shape index (κ2) is 7.75. The zero-order valence-corrected chi connectivity index (χ0v) is 16.8. The molecular weight excluding hydrogens is 376 g/mol. The summed E-state index contributed by atoms with van der Waals surface area (Å²) in [5.74, 6) is 0.717. The lowest BCUT2D eigenvalue weighted by molar-refractivity contribution is 0.0634. The molecule has 9 nitrogen and oxygen atoms in total. The first kappa shape index (κ1) is 19.3. The number of hydrogen-bond acceptors (Lipinski definition) is 6. The van der Waals surface area contributed by atoms with Crippen molar-refractivity contribution in [3.63, 3.8) is 0 Å². The van der Waals surface area contributed by atoms with E-state index in [1.807, 2.05) is 24.3 Å². The van der Waals surface area contributed by atoms with Gasteiger partial charge in [-0.2, -0.15) is 4.98 Å². The molecule has 154 valence electrons. The van der Waals surface area contributed by atoms with Crippen molar-refractivity contribution in [2.24, 2.45) is 14.1 Å². The monoisotopic (exact) mass is 400 g/mol. The van der Waals surface area contributed by atoms with Gasteiger partial charge in [-0.1, -0.05) is 12.1 Å². The maximum Gasteiger partial charge on any atom is 0.332 e. The highest BCUT2D eigenvalue weighted by molar-refractivity contribution is 5.72. The molecule has 1 aliphatic rings. The third-order valence-electron chi connectivity index (χ3n) is 5.21. The highest BCUT2D eigenvalue weighted by Crippen LogP contribution is 2.22. The van der Waals surface area contributed by atoms with Crippen LogP contribution in [0.1, 0.15) is 18.4 Å². The van der Waals surface area contributed by atoms with Crippen molar-refractivity contribution in [1.82, 2.24) is 18.7 Å². The van der Waals surface area contributed by atoms with Crippen LogP contribution in [0.2, 0.25) is 0 Å². The highest BCUT2D eigenvalue weighted by Gasteiger charge is 2.22. The number of rotatable bonds is 6. The van der Waals surface area contributed by atoms with Gasteiger partial charge >= 0.3 is 5.69 Å². The van der Waals surface area contributed by atoms with Crippen molar-refractivity contribution in [3.8, 4) is 11.8 Å². The third-order valence-corrected chi connectivity index (χ3v) is 5.21. The van der Waals surface area contributed by atoms with Gasteiger partial charge < -0.3 is 14.2 Å². The fourth-order valence-corrected chi connectivity index (χ4v) is 3.58. The van der Waals surface area contributed by atoms with Gasteiger partial charge in [-0.05, 0) is 30.5 Å². The Morgan fingerprint density at radius 3 is 2.79 bits per heavy atom. The van der Waals surface area contributed by atoms with E-state index in [-0.39, 0.29) is 12.1 Å². The van der Waals surface area contributed by atoms with Gasteiger partial charge in [0.1, 0.15) is 12.4 Å². The first-order valence-corrected chi connectivity index (χ1v) is 9.53. The maximum absolute atomic E-state index is 12.9. The Balaban J connectivity index is 1.82. The van der Waals surface area contributed by atoms with Gasteiger partial charge in [-0.15, -0.1) is 0 Å². The lowest BCUT2D eigenvalue weighted by Crippen LogP contribution is -2.37. The van der Waals surface area contributed by atoms with Gasteiger partial charge in [-0.25, -0.2) is 4.79 Å². The number of hydrogen-bond donors (Lipinski definition) is 0. The summed E-state index contributed by atoms with van der Waals surface area (Å²) in [6.07, 6.45) is 1.94. The van der Waals surface area contributed by atoms with Crippen molar-refractivity contribution in [2.45, 2.75) is 25.5 Å². The molecule has 29 heavy (non-hydrogen) atoms. The van der Waals surface area contributed by atoms with E-state index in [0.29, 0.717) is 30.1 Å². The molecule has 3 heterocycles. The van der Waals surface area contributed by atoms with Gasteiger partial charge in [-0.3, -0.25) is 18.5 Å². The van der Waals surface area contributed by atoms with E-state index >= 15 is 0 Å². The van der Waals surface area contributed by atoms with Crippen LogP contribution in [0.25, 0.3) is 11.2 Å². The zero-order chi connectivity index (χ0) is 20.5. The number of nitrogens with zero attached hydrogens (tertiary/aromatic N) is 4. The molecule has 0 N–H and O–H groups in total. The van der Waals surface area contributed by atoms with E-state index in [4.69, 9.17) is 14.2 Å². The third kappa shape index (κ3) is 3.53. The van der Waals surface area contributed by atoms with Crippen LogP contribution in [0.15, 0.2) is 33.9 Å². The van der Waals surface area contributed by atoms with Crippen LogP contribution in [0.5, 0.6) is 11.8 Å². The van der Waals surface area contributed by atoms with Crippen molar-refractivity contribution in [3.05, 3.63) is 50.7 Å². The summed E-state index contributed by atoms with van der Waals surface area (Å²) < 4.78 is 21.0. The molecule has 9 heteroatoms. The van der Waals surface area contributed by atoms with E-state index in [2.05, 4.69) is 4.98 Å². The van der Waals surface area contributed by atoms with Crippen LogP contribution >= 0.6 is 0 Å².